The van der Waals surface area contributed by atoms with E-state index in [1.54, 1.807) is 29.5 Å². The molecule has 5 nitrogen and oxygen atoms in total. The second kappa shape index (κ2) is 10.6. The number of rotatable bonds is 8. The van der Waals surface area contributed by atoms with E-state index in [1.165, 1.54) is 5.56 Å². The molecular weight excluding hydrogens is 406 g/mol. The van der Waals surface area contributed by atoms with Gasteiger partial charge in [0.2, 0.25) is 0 Å². The van der Waals surface area contributed by atoms with E-state index in [2.05, 4.69) is 40.2 Å². The lowest BCUT2D eigenvalue weighted by molar-refractivity contribution is 0.0784. The monoisotopic (exact) mass is 435 g/mol. The number of aromatic nitrogens is 1. The van der Waals surface area contributed by atoms with Gasteiger partial charge in [-0.3, -0.25) is 4.79 Å². The molecule has 1 amide bonds. The zero-order valence-electron chi connectivity index (χ0n) is 17.9. The van der Waals surface area contributed by atoms with Crippen molar-refractivity contribution >= 4 is 17.2 Å². The Morgan fingerprint density at radius 1 is 1.13 bits per heavy atom. The van der Waals surface area contributed by atoms with E-state index in [-0.39, 0.29) is 12.0 Å². The van der Waals surface area contributed by atoms with Crippen LogP contribution in [0.2, 0.25) is 0 Å². The highest BCUT2D eigenvalue weighted by atomic mass is 32.1. The number of amides is 1. The van der Waals surface area contributed by atoms with Crippen LogP contribution in [0.25, 0.3) is 0 Å². The summed E-state index contributed by atoms with van der Waals surface area (Å²) in [6.07, 6.45) is 5.16. The zero-order chi connectivity index (χ0) is 21.5. The van der Waals surface area contributed by atoms with Gasteiger partial charge in [0.05, 0.1) is 6.54 Å². The lowest BCUT2D eigenvalue weighted by Crippen LogP contribution is -2.39. The zero-order valence-corrected chi connectivity index (χ0v) is 18.8. The largest absolute Gasteiger partial charge is 0.490 e. The molecule has 1 aliphatic heterocycles. The summed E-state index contributed by atoms with van der Waals surface area (Å²) < 4.78 is 6.19. The predicted octanol–water partition coefficient (Wildman–Crippen LogP) is 4.50. The summed E-state index contributed by atoms with van der Waals surface area (Å²) in [4.78, 5) is 21.1. The molecule has 4 rings (SSSR count). The third-order valence-electron chi connectivity index (χ3n) is 5.70. The van der Waals surface area contributed by atoms with Crippen LogP contribution in [0, 0.1) is 0 Å². The maximum atomic E-state index is 12.6. The number of thiazole rings is 1. The number of nitrogens with zero attached hydrogens (tertiary/aromatic N) is 3. The van der Waals surface area contributed by atoms with E-state index in [1.807, 2.05) is 29.6 Å². The molecular formula is C25H29N3O2S. The average Bonchev–Trinajstić information content (AvgIpc) is 3.32. The Morgan fingerprint density at radius 2 is 1.87 bits per heavy atom. The van der Waals surface area contributed by atoms with E-state index < -0.39 is 0 Å². The van der Waals surface area contributed by atoms with Crippen molar-refractivity contribution in [1.29, 1.82) is 0 Å². The first-order chi connectivity index (χ1) is 15.2. The second-order valence-electron chi connectivity index (χ2n) is 8.01. The van der Waals surface area contributed by atoms with Crippen molar-refractivity contribution in [3.05, 3.63) is 82.3 Å². The Labute approximate surface area is 188 Å². The highest BCUT2D eigenvalue weighted by Gasteiger charge is 2.20. The Morgan fingerprint density at radius 3 is 2.55 bits per heavy atom. The van der Waals surface area contributed by atoms with Crippen molar-refractivity contribution in [3.63, 3.8) is 0 Å². The van der Waals surface area contributed by atoms with E-state index in [9.17, 15) is 4.79 Å². The van der Waals surface area contributed by atoms with Crippen LogP contribution in [-0.4, -0.2) is 53.5 Å². The Balaban J connectivity index is 1.22. The number of likely N-dealkylation sites (tertiary alicyclic amines) is 1. The molecule has 0 atom stereocenters. The molecule has 0 saturated carbocycles. The van der Waals surface area contributed by atoms with E-state index in [4.69, 9.17) is 4.74 Å². The average molecular weight is 436 g/mol. The number of benzene rings is 2. The van der Waals surface area contributed by atoms with Crippen molar-refractivity contribution in [1.82, 2.24) is 14.8 Å². The van der Waals surface area contributed by atoms with E-state index >= 15 is 0 Å². The number of piperidine rings is 1. The summed E-state index contributed by atoms with van der Waals surface area (Å²) in [7, 11) is 1.81. The topological polar surface area (TPSA) is 45.7 Å². The van der Waals surface area contributed by atoms with E-state index in [0.29, 0.717) is 12.1 Å². The van der Waals surface area contributed by atoms with Crippen molar-refractivity contribution in [3.8, 4) is 5.75 Å². The first kappa shape index (κ1) is 21.5. The van der Waals surface area contributed by atoms with E-state index in [0.717, 1.165) is 49.7 Å². The molecule has 3 aromatic rings. The Hall–Kier alpha value is -2.70. The van der Waals surface area contributed by atoms with Gasteiger partial charge in [-0.1, -0.05) is 30.3 Å². The molecule has 6 heteroatoms. The van der Waals surface area contributed by atoms with Gasteiger partial charge >= 0.3 is 0 Å². The molecule has 0 aliphatic carbocycles. The summed E-state index contributed by atoms with van der Waals surface area (Å²) in [6.45, 7) is 3.75. The minimum absolute atomic E-state index is 0.00604. The van der Waals surface area contributed by atoms with Crippen LogP contribution in [-0.2, 0) is 13.0 Å². The van der Waals surface area contributed by atoms with Gasteiger partial charge in [-0.05, 0) is 49.1 Å². The molecule has 1 fully saturated rings. The third-order valence-corrected chi connectivity index (χ3v) is 6.47. The number of carbonyl (C=O) groups excluding carboxylic acids is 1. The molecule has 0 unspecified atom stereocenters. The van der Waals surface area contributed by atoms with Gasteiger partial charge in [0.1, 0.15) is 16.9 Å². The van der Waals surface area contributed by atoms with Crippen LogP contribution in [0.5, 0.6) is 5.75 Å². The molecule has 1 aromatic heterocycles. The van der Waals surface area contributed by atoms with Crippen LogP contribution in [0.15, 0.2) is 66.2 Å². The fourth-order valence-corrected chi connectivity index (χ4v) is 4.55. The maximum absolute atomic E-state index is 12.6. The molecule has 1 aliphatic rings. The molecule has 2 aromatic carbocycles. The molecule has 0 radical (unpaired) electrons. The smallest absolute Gasteiger partial charge is 0.253 e. The highest BCUT2D eigenvalue weighted by molar-refractivity contribution is 7.09. The van der Waals surface area contributed by atoms with Gasteiger partial charge in [0, 0.05) is 43.8 Å². The predicted molar refractivity (Wildman–Crippen MR) is 125 cm³/mol. The minimum Gasteiger partial charge on any atom is -0.490 e. The van der Waals surface area contributed by atoms with Crippen LogP contribution in [0.4, 0.5) is 0 Å². The summed E-state index contributed by atoms with van der Waals surface area (Å²) in [6, 6.07) is 18.2. The third kappa shape index (κ3) is 6.15. The maximum Gasteiger partial charge on any atom is 0.253 e. The second-order valence-corrected chi connectivity index (χ2v) is 8.99. The molecule has 31 heavy (non-hydrogen) atoms. The van der Waals surface area contributed by atoms with Gasteiger partial charge < -0.3 is 14.5 Å². The molecule has 162 valence electrons. The molecule has 0 spiro atoms. The normalized spacial score (nSPS) is 15.0. The summed E-state index contributed by atoms with van der Waals surface area (Å²) >= 11 is 1.56. The first-order valence-electron chi connectivity index (χ1n) is 10.8. The highest BCUT2D eigenvalue weighted by Crippen LogP contribution is 2.21. The minimum atomic E-state index is -0.00604. The van der Waals surface area contributed by atoms with Gasteiger partial charge in [-0.2, -0.15) is 0 Å². The van der Waals surface area contributed by atoms with Crippen LogP contribution < -0.4 is 4.74 Å². The van der Waals surface area contributed by atoms with Crippen LogP contribution in [0.1, 0.15) is 33.8 Å². The van der Waals surface area contributed by atoms with Gasteiger partial charge in [-0.15, -0.1) is 11.3 Å². The first-order valence-corrected chi connectivity index (χ1v) is 11.7. The standard InChI is InChI=1S/C25H29N3O2S/c1-27(19-24-26-14-18-31-24)25(29)21-7-9-22(10-8-21)30-23-12-16-28(17-13-23)15-11-20-5-3-2-4-6-20/h2-10,14,18,23H,11-13,15-17,19H2,1H3. The van der Waals surface area contributed by atoms with Crippen molar-refractivity contribution in [2.24, 2.45) is 0 Å². The van der Waals surface area contributed by atoms with Crippen LogP contribution >= 0.6 is 11.3 Å². The fraction of sp³-hybridized carbons (Fsp3) is 0.360. The van der Waals surface area contributed by atoms with Crippen molar-refractivity contribution in [2.75, 3.05) is 26.7 Å². The summed E-state index contributed by atoms with van der Waals surface area (Å²) in [5.74, 6) is 0.829. The summed E-state index contributed by atoms with van der Waals surface area (Å²) in [5.41, 5.74) is 2.06. The Kier molecular flexibility index (Phi) is 7.33. The number of hydrogen-bond donors (Lipinski definition) is 0. The van der Waals surface area contributed by atoms with Gasteiger partial charge in [-0.25, -0.2) is 4.98 Å². The molecule has 0 N–H and O–H groups in total. The molecule has 1 saturated heterocycles. The van der Waals surface area contributed by atoms with Crippen LogP contribution in [0.3, 0.4) is 0 Å². The van der Waals surface area contributed by atoms with Crippen molar-refractivity contribution in [2.45, 2.75) is 31.9 Å². The van der Waals surface area contributed by atoms with Gasteiger partial charge in [0.25, 0.3) is 5.91 Å². The fourth-order valence-electron chi connectivity index (χ4n) is 3.88. The lowest BCUT2D eigenvalue weighted by Gasteiger charge is -2.32. The molecule has 0 bridgehead atoms. The SMILES string of the molecule is CN(Cc1nccs1)C(=O)c1ccc(OC2CCN(CCc3ccccc3)CC2)cc1. The Bertz CT molecular complexity index is 937. The number of hydrogen-bond acceptors (Lipinski definition) is 5. The van der Waals surface area contributed by atoms with Gasteiger partial charge in [0.15, 0.2) is 0 Å². The van der Waals surface area contributed by atoms with Crippen molar-refractivity contribution < 1.29 is 9.53 Å². The quantitative estimate of drug-likeness (QED) is 0.523. The number of carbonyl (C=O) groups is 1. The number of ether oxygens (including phenoxy) is 1. The summed E-state index contributed by atoms with van der Waals surface area (Å²) in [5, 5.41) is 2.86. The lowest BCUT2D eigenvalue weighted by atomic mass is 10.1. The molecule has 2 heterocycles.